The standard InChI is InChI=1S/C15H24N2O3/c1-6-12(16-10-15(18)17(2)3)11-7-8-13(19-4)14(9-11)20-5/h7-9,12,16H,6,10H2,1-5H3. The number of benzene rings is 1. The van der Waals surface area contributed by atoms with Crippen LogP contribution in [0.15, 0.2) is 18.2 Å². The quantitative estimate of drug-likeness (QED) is 0.828. The van der Waals surface area contributed by atoms with Crippen molar-refractivity contribution in [1.29, 1.82) is 0 Å². The molecule has 0 aliphatic rings. The van der Waals surface area contributed by atoms with Gasteiger partial charge in [-0.3, -0.25) is 4.79 Å². The molecule has 0 bridgehead atoms. The Bertz CT molecular complexity index is 447. The molecular formula is C15H24N2O3. The van der Waals surface area contributed by atoms with Gasteiger partial charge < -0.3 is 19.7 Å². The van der Waals surface area contributed by atoms with Crippen molar-refractivity contribution in [2.75, 3.05) is 34.9 Å². The zero-order valence-corrected chi connectivity index (χ0v) is 12.9. The summed E-state index contributed by atoms with van der Waals surface area (Å²) < 4.78 is 10.5. The molecular weight excluding hydrogens is 256 g/mol. The summed E-state index contributed by atoms with van der Waals surface area (Å²) in [4.78, 5) is 13.2. The number of nitrogens with zero attached hydrogens (tertiary/aromatic N) is 1. The highest BCUT2D eigenvalue weighted by Crippen LogP contribution is 2.30. The van der Waals surface area contributed by atoms with Crippen molar-refractivity contribution in [2.24, 2.45) is 0 Å². The van der Waals surface area contributed by atoms with Crippen LogP contribution in [0.25, 0.3) is 0 Å². The van der Waals surface area contributed by atoms with Crippen LogP contribution < -0.4 is 14.8 Å². The van der Waals surface area contributed by atoms with Gasteiger partial charge in [-0.05, 0) is 24.1 Å². The predicted octanol–water partition coefficient (Wildman–Crippen LogP) is 1.83. The van der Waals surface area contributed by atoms with Gasteiger partial charge >= 0.3 is 0 Å². The van der Waals surface area contributed by atoms with Crippen LogP contribution in [0, 0.1) is 0 Å². The lowest BCUT2D eigenvalue weighted by Crippen LogP contribution is -2.34. The molecule has 0 heterocycles. The van der Waals surface area contributed by atoms with Gasteiger partial charge in [0.25, 0.3) is 0 Å². The van der Waals surface area contributed by atoms with Gasteiger partial charge in [0.15, 0.2) is 11.5 Å². The maximum absolute atomic E-state index is 11.6. The Labute approximate surface area is 120 Å². The van der Waals surface area contributed by atoms with Crippen LogP contribution in [-0.2, 0) is 4.79 Å². The molecule has 1 amide bonds. The predicted molar refractivity (Wildman–Crippen MR) is 79.3 cm³/mol. The van der Waals surface area contributed by atoms with Crippen LogP contribution in [0.3, 0.4) is 0 Å². The van der Waals surface area contributed by atoms with Gasteiger partial charge in [0, 0.05) is 20.1 Å². The van der Waals surface area contributed by atoms with Crippen LogP contribution in [0.4, 0.5) is 0 Å². The number of ether oxygens (including phenoxy) is 2. The first-order chi connectivity index (χ1) is 9.53. The van der Waals surface area contributed by atoms with Crippen LogP contribution in [-0.4, -0.2) is 45.7 Å². The van der Waals surface area contributed by atoms with Crippen LogP contribution in [0.5, 0.6) is 11.5 Å². The van der Waals surface area contributed by atoms with Gasteiger partial charge in [-0.25, -0.2) is 0 Å². The van der Waals surface area contributed by atoms with E-state index in [4.69, 9.17) is 9.47 Å². The summed E-state index contributed by atoms with van der Waals surface area (Å²) in [7, 11) is 6.73. The fraction of sp³-hybridized carbons (Fsp3) is 0.533. The number of rotatable bonds is 7. The van der Waals surface area contributed by atoms with Crippen molar-refractivity contribution in [3.63, 3.8) is 0 Å². The highest BCUT2D eigenvalue weighted by Gasteiger charge is 2.14. The number of methoxy groups -OCH3 is 2. The van der Waals surface area contributed by atoms with Crippen LogP contribution >= 0.6 is 0 Å². The number of carbonyl (C=O) groups is 1. The highest BCUT2D eigenvalue weighted by molar-refractivity contribution is 5.77. The van der Waals surface area contributed by atoms with E-state index in [9.17, 15) is 4.79 Å². The summed E-state index contributed by atoms with van der Waals surface area (Å²) in [6.45, 7) is 2.40. The van der Waals surface area contributed by atoms with Gasteiger partial charge in [-0.15, -0.1) is 0 Å². The molecule has 5 nitrogen and oxygen atoms in total. The fourth-order valence-electron chi connectivity index (χ4n) is 1.94. The molecule has 5 heteroatoms. The molecule has 112 valence electrons. The number of carbonyl (C=O) groups excluding carboxylic acids is 1. The molecule has 0 saturated heterocycles. The Kier molecular flexibility index (Phi) is 6.31. The fourth-order valence-corrected chi connectivity index (χ4v) is 1.94. The third-order valence-corrected chi connectivity index (χ3v) is 3.22. The van der Waals surface area contributed by atoms with Crippen LogP contribution in [0.1, 0.15) is 24.9 Å². The van der Waals surface area contributed by atoms with Crippen molar-refractivity contribution in [2.45, 2.75) is 19.4 Å². The smallest absolute Gasteiger partial charge is 0.236 e. The lowest BCUT2D eigenvalue weighted by Gasteiger charge is -2.20. The number of nitrogens with one attached hydrogen (secondary N) is 1. The third kappa shape index (κ3) is 4.13. The second-order valence-corrected chi connectivity index (χ2v) is 4.74. The van der Waals surface area contributed by atoms with E-state index in [0.29, 0.717) is 18.0 Å². The summed E-state index contributed by atoms with van der Waals surface area (Å²) in [6.07, 6.45) is 0.885. The summed E-state index contributed by atoms with van der Waals surface area (Å²) in [6, 6.07) is 5.92. The molecule has 1 aromatic carbocycles. The average molecular weight is 280 g/mol. The minimum atomic E-state index is 0.0592. The minimum Gasteiger partial charge on any atom is -0.493 e. The van der Waals surface area contributed by atoms with Crippen molar-refractivity contribution >= 4 is 5.91 Å². The van der Waals surface area contributed by atoms with E-state index >= 15 is 0 Å². The molecule has 0 radical (unpaired) electrons. The number of likely N-dealkylation sites (N-methyl/N-ethyl adjacent to an activating group) is 1. The van der Waals surface area contributed by atoms with E-state index in [0.717, 1.165) is 12.0 Å². The van der Waals surface area contributed by atoms with E-state index in [-0.39, 0.29) is 11.9 Å². The van der Waals surface area contributed by atoms with E-state index in [2.05, 4.69) is 12.2 Å². The first kappa shape index (κ1) is 16.3. The maximum Gasteiger partial charge on any atom is 0.236 e. The molecule has 0 aromatic heterocycles. The lowest BCUT2D eigenvalue weighted by atomic mass is 10.0. The van der Waals surface area contributed by atoms with Crippen molar-refractivity contribution in [1.82, 2.24) is 10.2 Å². The Morgan fingerprint density at radius 1 is 1.25 bits per heavy atom. The zero-order valence-electron chi connectivity index (χ0n) is 12.9. The molecule has 1 aromatic rings. The second kappa shape index (κ2) is 7.75. The average Bonchev–Trinajstić information content (AvgIpc) is 2.47. The normalized spacial score (nSPS) is 11.8. The summed E-state index contributed by atoms with van der Waals surface area (Å²) in [5, 5.41) is 3.27. The maximum atomic E-state index is 11.6. The van der Waals surface area contributed by atoms with Crippen molar-refractivity contribution in [3.8, 4) is 11.5 Å². The molecule has 0 aliphatic heterocycles. The Hall–Kier alpha value is -1.75. The Balaban J connectivity index is 2.82. The molecule has 1 unspecified atom stereocenters. The molecule has 0 aliphatic carbocycles. The van der Waals surface area contributed by atoms with Gasteiger partial charge in [0.05, 0.1) is 20.8 Å². The van der Waals surface area contributed by atoms with Crippen LogP contribution in [0.2, 0.25) is 0 Å². The first-order valence-electron chi connectivity index (χ1n) is 6.68. The topological polar surface area (TPSA) is 50.8 Å². The largest absolute Gasteiger partial charge is 0.493 e. The Morgan fingerprint density at radius 3 is 2.40 bits per heavy atom. The molecule has 1 rings (SSSR count). The van der Waals surface area contributed by atoms with Gasteiger partial charge in [0.2, 0.25) is 5.91 Å². The number of amides is 1. The second-order valence-electron chi connectivity index (χ2n) is 4.74. The first-order valence-corrected chi connectivity index (χ1v) is 6.68. The van der Waals surface area contributed by atoms with E-state index < -0.39 is 0 Å². The summed E-state index contributed by atoms with van der Waals surface area (Å²) >= 11 is 0. The minimum absolute atomic E-state index is 0.0592. The van der Waals surface area contributed by atoms with E-state index in [1.165, 1.54) is 0 Å². The summed E-state index contributed by atoms with van der Waals surface area (Å²) in [5.41, 5.74) is 1.08. The van der Waals surface area contributed by atoms with Gasteiger partial charge in [-0.2, -0.15) is 0 Å². The third-order valence-electron chi connectivity index (χ3n) is 3.22. The molecule has 20 heavy (non-hydrogen) atoms. The number of hydrogen-bond donors (Lipinski definition) is 1. The van der Waals surface area contributed by atoms with Gasteiger partial charge in [0.1, 0.15) is 0 Å². The molecule has 1 N–H and O–H groups in total. The van der Waals surface area contributed by atoms with E-state index in [1.54, 1.807) is 33.2 Å². The highest BCUT2D eigenvalue weighted by atomic mass is 16.5. The van der Waals surface area contributed by atoms with E-state index in [1.807, 2.05) is 18.2 Å². The Morgan fingerprint density at radius 2 is 1.90 bits per heavy atom. The van der Waals surface area contributed by atoms with Gasteiger partial charge in [-0.1, -0.05) is 13.0 Å². The SMILES string of the molecule is CCC(NCC(=O)N(C)C)c1ccc(OC)c(OC)c1. The van der Waals surface area contributed by atoms with Crippen molar-refractivity contribution in [3.05, 3.63) is 23.8 Å². The monoisotopic (exact) mass is 280 g/mol. The molecule has 0 spiro atoms. The lowest BCUT2D eigenvalue weighted by molar-refractivity contribution is -0.127. The zero-order chi connectivity index (χ0) is 15.1. The molecule has 0 fully saturated rings. The molecule has 1 atom stereocenters. The molecule has 0 saturated carbocycles. The number of hydrogen-bond acceptors (Lipinski definition) is 4. The van der Waals surface area contributed by atoms with Crippen molar-refractivity contribution < 1.29 is 14.3 Å². The summed E-state index contributed by atoms with van der Waals surface area (Å²) in [5.74, 6) is 1.46.